The van der Waals surface area contributed by atoms with E-state index in [9.17, 15) is 13.2 Å². The molecule has 2 aromatic carbocycles. The molecule has 0 aliphatic heterocycles. The van der Waals surface area contributed by atoms with Crippen LogP contribution in [0.3, 0.4) is 0 Å². The van der Waals surface area contributed by atoms with Gasteiger partial charge < -0.3 is 10.1 Å². The lowest BCUT2D eigenvalue weighted by atomic mass is 10.2. The molecule has 138 valence electrons. The van der Waals surface area contributed by atoms with Crippen LogP contribution in [0.1, 0.15) is 26.7 Å². The van der Waals surface area contributed by atoms with Crippen molar-refractivity contribution in [2.45, 2.75) is 37.6 Å². The zero-order chi connectivity index (χ0) is 18.7. The van der Waals surface area contributed by atoms with Crippen molar-refractivity contribution in [3.05, 3.63) is 48.5 Å². The molecule has 0 radical (unpaired) electrons. The smallest absolute Gasteiger partial charge is 0.264 e. The van der Waals surface area contributed by atoms with Crippen molar-refractivity contribution < 1.29 is 17.9 Å². The largest absolute Gasteiger partial charge is 0.494 e. The number of hydrogen-bond donors (Lipinski definition) is 1. The van der Waals surface area contributed by atoms with Gasteiger partial charge in [0, 0.05) is 18.7 Å². The predicted molar refractivity (Wildman–Crippen MR) is 101 cm³/mol. The average molecular weight is 374 g/mol. The standard InChI is InChI=1S/C19H22N2O4S/c1-3-25-18-10-12-19(13-11-18)26(23,24)21(17-8-9-17)16-6-4-15(5-7-16)20-14(2)22/h4-7,10-13,17H,3,8-9H2,1-2H3,(H,20,22). The summed E-state index contributed by atoms with van der Waals surface area (Å²) in [5, 5.41) is 2.68. The summed E-state index contributed by atoms with van der Waals surface area (Å²) in [6, 6.07) is 13.3. The number of nitrogens with zero attached hydrogens (tertiary/aromatic N) is 1. The molecule has 1 amide bonds. The fraction of sp³-hybridized carbons (Fsp3) is 0.316. The van der Waals surface area contributed by atoms with E-state index in [1.54, 1.807) is 48.5 Å². The summed E-state index contributed by atoms with van der Waals surface area (Å²) in [6.07, 6.45) is 1.67. The number of anilines is 2. The molecule has 26 heavy (non-hydrogen) atoms. The van der Waals surface area contributed by atoms with Crippen LogP contribution in [0.5, 0.6) is 5.75 Å². The van der Waals surface area contributed by atoms with Gasteiger partial charge >= 0.3 is 0 Å². The van der Waals surface area contributed by atoms with Gasteiger partial charge in [0.2, 0.25) is 5.91 Å². The number of amides is 1. The molecule has 7 heteroatoms. The van der Waals surface area contributed by atoms with Crippen LogP contribution in [0.15, 0.2) is 53.4 Å². The summed E-state index contributed by atoms with van der Waals surface area (Å²) in [4.78, 5) is 11.4. The molecule has 0 atom stereocenters. The molecule has 0 heterocycles. The van der Waals surface area contributed by atoms with E-state index in [0.717, 1.165) is 12.8 Å². The molecule has 0 bridgehead atoms. The third-order valence-corrected chi connectivity index (χ3v) is 5.91. The third-order valence-electron chi connectivity index (χ3n) is 4.01. The highest BCUT2D eigenvalue weighted by molar-refractivity contribution is 7.92. The Kier molecular flexibility index (Phi) is 5.18. The van der Waals surface area contributed by atoms with Crippen molar-refractivity contribution in [3.8, 4) is 5.75 Å². The highest BCUT2D eigenvalue weighted by Gasteiger charge is 2.38. The van der Waals surface area contributed by atoms with Crippen molar-refractivity contribution in [2.24, 2.45) is 0 Å². The van der Waals surface area contributed by atoms with Crippen molar-refractivity contribution in [2.75, 3.05) is 16.2 Å². The number of sulfonamides is 1. The molecule has 2 aromatic rings. The van der Waals surface area contributed by atoms with E-state index in [1.807, 2.05) is 6.92 Å². The van der Waals surface area contributed by atoms with Crippen molar-refractivity contribution in [1.82, 2.24) is 0 Å². The lowest BCUT2D eigenvalue weighted by Gasteiger charge is -2.24. The van der Waals surface area contributed by atoms with E-state index < -0.39 is 10.0 Å². The minimum Gasteiger partial charge on any atom is -0.494 e. The monoisotopic (exact) mass is 374 g/mol. The Hall–Kier alpha value is -2.54. The maximum Gasteiger partial charge on any atom is 0.264 e. The molecule has 0 unspecified atom stereocenters. The fourth-order valence-electron chi connectivity index (χ4n) is 2.74. The molecule has 0 aromatic heterocycles. The number of carbonyl (C=O) groups excluding carboxylic acids is 1. The molecule has 6 nitrogen and oxygen atoms in total. The van der Waals surface area contributed by atoms with E-state index in [4.69, 9.17) is 4.74 Å². The van der Waals surface area contributed by atoms with Crippen LogP contribution in [-0.2, 0) is 14.8 Å². The molecule has 1 fully saturated rings. The Morgan fingerprint density at radius 3 is 2.23 bits per heavy atom. The lowest BCUT2D eigenvalue weighted by molar-refractivity contribution is -0.114. The minimum atomic E-state index is -3.67. The SMILES string of the molecule is CCOc1ccc(S(=O)(=O)N(c2ccc(NC(C)=O)cc2)C2CC2)cc1. The first-order chi connectivity index (χ1) is 12.4. The van der Waals surface area contributed by atoms with Crippen LogP contribution >= 0.6 is 0 Å². The molecular weight excluding hydrogens is 352 g/mol. The second kappa shape index (κ2) is 7.37. The van der Waals surface area contributed by atoms with Gasteiger partial charge in [0.15, 0.2) is 0 Å². The van der Waals surface area contributed by atoms with Gasteiger partial charge in [-0.3, -0.25) is 9.10 Å². The quantitative estimate of drug-likeness (QED) is 0.806. The zero-order valence-corrected chi connectivity index (χ0v) is 15.6. The van der Waals surface area contributed by atoms with Crippen LogP contribution in [0.2, 0.25) is 0 Å². The van der Waals surface area contributed by atoms with Gasteiger partial charge in [0.1, 0.15) is 5.75 Å². The summed E-state index contributed by atoms with van der Waals surface area (Å²) in [6.45, 7) is 3.84. The number of benzene rings is 2. The van der Waals surface area contributed by atoms with Crippen molar-refractivity contribution in [1.29, 1.82) is 0 Å². The van der Waals surface area contributed by atoms with E-state index >= 15 is 0 Å². The predicted octanol–water partition coefficient (Wildman–Crippen LogP) is 3.40. The van der Waals surface area contributed by atoms with Crippen LogP contribution in [0.4, 0.5) is 11.4 Å². The number of hydrogen-bond acceptors (Lipinski definition) is 4. The second-order valence-corrected chi connectivity index (χ2v) is 7.98. The summed E-state index contributed by atoms with van der Waals surface area (Å²) >= 11 is 0. The van der Waals surface area contributed by atoms with Crippen molar-refractivity contribution >= 4 is 27.3 Å². The van der Waals surface area contributed by atoms with Gasteiger partial charge in [-0.25, -0.2) is 8.42 Å². The minimum absolute atomic E-state index is 0.0295. The lowest BCUT2D eigenvalue weighted by Crippen LogP contribution is -2.33. The summed E-state index contributed by atoms with van der Waals surface area (Å²) < 4.78 is 33.2. The molecular formula is C19H22N2O4S. The number of rotatable bonds is 7. The molecule has 0 spiro atoms. The average Bonchev–Trinajstić information content (AvgIpc) is 3.41. The normalized spacial score (nSPS) is 13.9. The first-order valence-corrected chi connectivity index (χ1v) is 10.0. The number of nitrogens with one attached hydrogen (secondary N) is 1. The van der Waals surface area contributed by atoms with Gasteiger partial charge in [-0.2, -0.15) is 0 Å². The van der Waals surface area contributed by atoms with Crippen LogP contribution in [0, 0.1) is 0 Å². The fourth-order valence-corrected chi connectivity index (χ4v) is 4.45. The number of ether oxygens (including phenoxy) is 1. The molecule has 3 rings (SSSR count). The summed E-state index contributed by atoms with van der Waals surface area (Å²) in [7, 11) is -3.67. The van der Waals surface area contributed by atoms with E-state index in [0.29, 0.717) is 23.7 Å². The maximum absolute atomic E-state index is 13.2. The third kappa shape index (κ3) is 3.99. The van der Waals surface area contributed by atoms with Gasteiger partial charge in [0.05, 0.1) is 17.2 Å². The molecule has 1 N–H and O–H groups in total. The van der Waals surface area contributed by atoms with E-state index in [2.05, 4.69) is 5.32 Å². The Labute approximate surface area is 153 Å². The Morgan fingerprint density at radius 2 is 1.73 bits per heavy atom. The maximum atomic E-state index is 13.2. The van der Waals surface area contributed by atoms with Crippen molar-refractivity contribution in [3.63, 3.8) is 0 Å². The highest BCUT2D eigenvalue weighted by Crippen LogP contribution is 2.37. The van der Waals surface area contributed by atoms with Crippen LogP contribution in [-0.4, -0.2) is 27.0 Å². The van der Waals surface area contributed by atoms with Gasteiger partial charge in [-0.15, -0.1) is 0 Å². The van der Waals surface area contributed by atoms with E-state index in [-0.39, 0.29) is 16.8 Å². The molecule has 1 saturated carbocycles. The van der Waals surface area contributed by atoms with Gasteiger partial charge in [-0.1, -0.05) is 0 Å². The molecule has 0 saturated heterocycles. The Morgan fingerprint density at radius 1 is 1.12 bits per heavy atom. The summed E-state index contributed by atoms with van der Waals surface area (Å²) in [5.41, 5.74) is 1.23. The first kappa shape index (κ1) is 18.3. The second-order valence-electron chi connectivity index (χ2n) is 6.16. The Balaban J connectivity index is 1.90. The first-order valence-electron chi connectivity index (χ1n) is 8.57. The highest BCUT2D eigenvalue weighted by atomic mass is 32.2. The topological polar surface area (TPSA) is 75.7 Å². The van der Waals surface area contributed by atoms with Crippen LogP contribution in [0.25, 0.3) is 0 Å². The molecule has 1 aliphatic carbocycles. The van der Waals surface area contributed by atoms with Crippen LogP contribution < -0.4 is 14.4 Å². The summed E-state index contributed by atoms with van der Waals surface area (Å²) in [5.74, 6) is 0.475. The van der Waals surface area contributed by atoms with Gasteiger partial charge in [0.25, 0.3) is 10.0 Å². The van der Waals surface area contributed by atoms with Gasteiger partial charge in [-0.05, 0) is 68.3 Å². The van der Waals surface area contributed by atoms with E-state index in [1.165, 1.54) is 11.2 Å². The number of carbonyl (C=O) groups is 1. The Bertz CT molecular complexity index is 873. The zero-order valence-electron chi connectivity index (χ0n) is 14.8. The molecule has 1 aliphatic rings.